The predicted octanol–water partition coefficient (Wildman–Crippen LogP) is 3.62. The summed E-state index contributed by atoms with van der Waals surface area (Å²) >= 11 is 0. The zero-order valence-corrected chi connectivity index (χ0v) is 17.3. The number of nitrogens with zero attached hydrogens (tertiary/aromatic N) is 1. The van der Waals surface area contributed by atoms with Crippen molar-refractivity contribution in [2.75, 3.05) is 19.5 Å². The summed E-state index contributed by atoms with van der Waals surface area (Å²) in [6.07, 6.45) is 0. The van der Waals surface area contributed by atoms with Crippen LogP contribution in [0, 0.1) is 0 Å². The number of carbonyl (C=O) groups is 2. The monoisotopic (exact) mass is 432 g/mol. The molecule has 4 N–H and O–H groups in total. The molecule has 0 bridgehead atoms. The van der Waals surface area contributed by atoms with E-state index >= 15 is 0 Å². The Balaban J connectivity index is 1.57. The van der Waals surface area contributed by atoms with E-state index in [1.165, 1.54) is 24.3 Å². The Morgan fingerprint density at radius 3 is 2.12 bits per heavy atom. The van der Waals surface area contributed by atoms with Crippen molar-refractivity contribution in [1.82, 2.24) is 15.7 Å². The number of benzene rings is 3. The second-order valence-corrected chi connectivity index (χ2v) is 6.87. The number of hydrogen-bond acceptors (Lipinski definition) is 6. The van der Waals surface area contributed by atoms with Gasteiger partial charge in [0.25, 0.3) is 11.8 Å². The fraction of sp³-hybridized carbons (Fsp3) is 0.0870. The van der Waals surface area contributed by atoms with Crippen molar-refractivity contribution in [2.24, 2.45) is 0 Å². The number of nitrogens with one attached hydrogen (secondary N) is 3. The molecule has 4 aromatic rings. The molecule has 0 fully saturated rings. The third kappa shape index (κ3) is 3.96. The molecule has 162 valence electrons. The standard InChI is InChI=1S/C23H20N4O5/c1-31-19-10-8-16(12-20(19)32-2)15-7-9-17-18(11-15)25-26-21(17)24-22(28)13-3-5-14(6-4-13)23(29)27-30/h3-12,30H,1-2H3,(H,27,29)(H2,24,25,26,28). The molecule has 0 aliphatic heterocycles. The molecule has 32 heavy (non-hydrogen) atoms. The van der Waals surface area contributed by atoms with Gasteiger partial charge in [-0.2, -0.15) is 5.10 Å². The number of H-pyrrole nitrogens is 1. The maximum Gasteiger partial charge on any atom is 0.274 e. The van der Waals surface area contributed by atoms with Crippen LogP contribution < -0.4 is 20.3 Å². The van der Waals surface area contributed by atoms with Crippen LogP contribution >= 0.6 is 0 Å². The van der Waals surface area contributed by atoms with Crippen molar-refractivity contribution in [3.05, 3.63) is 71.8 Å². The predicted molar refractivity (Wildman–Crippen MR) is 118 cm³/mol. The topological polar surface area (TPSA) is 126 Å². The van der Waals surface area contributed by atoms with Gasteiger partial charge in [0.1, 0.15) is 0 Å². The summed E-state index contributed by atoms with van der Waals surface area (Å²) in [4.78, 5) is 24.0. The third-order valence-electron chi connectivity index (χ3n) is 5.02. The Morgan fingerprint density at radius 1 is 0.844 bits per heavy atom. The minimum atomic E-state index is -0.652. The lowest BCUT2D eigenvalue weighted by Crippen LogP contribution is -2.19. The summed E-state index contributed by atoms with van der Waals surface area (Å²) < 4.78 is 10.7. The van der Waals surface area contributed by atoms with Gasteiger partial charge in [-0.25, -0.2) is 5.48 Å². The van der Waals surface area contributed by atoms with E-state index in [0.29, 0.717) is 22.9 Å². The number of methoxy groups -OCH3 is 2. The number of carbonyl (C=O) groups excluding carboxylic acids is 2. The van der Waals surface area contributed by atoms with Gasteiger partial charge in [-0.05, 0) is 59.7 Å². The molecule has 1 aromatic heterocycles. The molecular formula is C23H20N4O5. The second kappa shape index (κ2) is 8.78. The highest BCUT2D eigenvalue weighted by molar-refractivity contribution is 6.08. The lowest BCUT2D eigenvalue weighted by atomic mass is 10.0. The van der Waals surface area contributed by atoms with Crippen LogP contribution in [0.5, 0.6) is 11.5 Å². The molecule has 4 rings (SSSR count). The van der Waals surface area contributed by atoms with E-state index < -0.39 is 5.91 Å². The van der Waals surface area contributed by atoms with E-state index in [-0.39, 0.29) is 11.5 Å². The van der Waals surface area contributed by atoms with E-state index in [1.54, 1.807) is 19.7 Å². The zero-order chi connectivity index (χ0) is 22.7. The maximum atomic E-state index is 12.6. The van der Waals surface area contributed by atoms with E-state index in [0.717, 1.165) is 22.0 Å². The molecule has 0 aliphatic rings. The fourth-order valence-electron chi connectivity index (χ4n) is 3.33. The molecule has 9 heteroatoms. The maximum absolute atomic E-state index is 12.6. The van der Waals surface area contributed by atoms with E-state index in [4.69, 9.17) is 14.7 Å². The number of aromatic nitrogens is 2. The number of rotatable bonds is 6. The average molecular weight is 432 g/mol. The highest BCUT2D eigenvalue weighted by atomic mass is 16.5. The lowest BCUT2D eigenvalue weighted by molar-refractivity contribution is 0.0706. The lowest BCUT2D eigenvalue weighted by Gasteiger charge is -2.10. The van der Waals surface area contributed by atoms with Crippen LogP contribution in [0.15, 0.2) is 60.7 Å². The SMILES string of the molecule is COc1ccc(-c2ccc3c(NC(=O)c4ccc(C(=O)NO)cc4)n[nH]c3c2)cc1OC. The number of anilines is 1. The van der Waals surface area contributed by atoms with Gasteiger partial charge in [0, 0.05) is 16.5 Å². The van der Waals surface area contributed by atoms with Crippen LogP contribution in [0.3, 0.4) is 0 Å². The summed E-state index contributed by atoms with van der Waals surface area (Å²) in [5, 5.41) is 19.3. The average Bonchev–Trinajstić information content (AvgIpc) is 3.24. The van der Waals surface area contributed by atoms with Crippen molar-refractivity contribution in [1.29, 1.82) is 0 Å². The van der Waals surface area contributed by atoms with E-state index in [1.807, 2.05) is 36.4 Å². The Labute approximate surface area is 182 Å². The number of aromatic amines is 1. The molecule has 0 saturated heterocycles. The summed E-state index contributed by atoms with van der Waals surface area (Å²) in [5.41, 5.74) is 4.76. The minimum absolute atomic E-state index is 0.233. The summed E-state index contributed by atoms with van der Waals surface area (Å²) in [6.45, 7) is 0. The first kappa shape index (κ1) is 20.9. The highest BCUT2D eigenvalue weighted by Gasteiger charge is 2.14. The normalized spacial score (nSPS) is 10.6. The number of fused-ring (bicyclic) bond motifs is 1. The van der Waals surface area contributed by atoms with Crippen molar-refractivity contribution in [3.63, 3.8) is 0 Å². The Kier molecular flexibility index (Phi) is 5.73. The van der Waals surface area contributed by atoms with Crippen molar-refractivity contribution < 1.29 is 24.3 Å². The van der Waals surface area contributed by atoms with Crippen molar-refractivity contribution in [3.8, 4) is 22.6 Å². The molecule has 9 nitrogen and oxygen atoms in total. The first-order valence-electron chi connectivity index (χ1n) is 9.60. The zero-order valence-electron chi connectivity index (χ0n) is 17.3. The summed E-state index contributed by atoms with van der Waals surface area (Å²) in [6, 6.07) is 17.3. The van der Waals surface area contributed by atoms with Crippen LogP contribution in [0.1, 0.15) is 20.7 Å². The first-order chi connectivity index (χ1) is 15.5. The quantitative estimate of drug-likeness (QED) is 0.272. The first-order valence-corrected chi connectivity index (χ1v) is 9.60. The van der Waals surface area contributed by atoms with Crippen LogP contribution in [-0.2, 0) is 0 Å². The molecule has 0 saturated carbocycles. The van der Waals surface area contributed by atoms with E-state index in [2.05, 4.69) is 15.5 Å². The van der Waals surface area contributed by atoms with Crippen LogP contribution in [0.2, 0.25) is 0 Å². The molecule has 0 radical (unpaired) electrons. The third-order valence-corrected chi connectivity index (χ3v) is 5.02. The Bertz CT molecular complexity index is 1300. The number of amides is 2. The number of hydroxylamine groups is 1. The van der Waals surface area contributed by atoms with Gasteiger partial charge in [-0.3, -0.25) is 19.9 Å². The molecular weight excluding hydrogens is 412 g/mol. The second-order valence-electron chi connectivity index (χ2n) is 6.87. The van der Waals surface area contributed by atoms with Crippen LogP contribution in [-0.4, -0.2) is 41.4 Å². The van der Waals surface area contributed by atoms with Gasteiger partial charge in [0.05, 0.1) is 19.7 Å². The van der Waals surface area contributed by atoms with Crippen LogP contribution in [0.4, 0.5) is 5.82 Å². The molecule has 0 aliphatic carbocycles. The molecule has 0 unspecified atom stereocenters. The van der Waals surface area contributed by atoms with Crippen molar-refractivity contribution in [2.45, 2.75) is 0 Å². The Morgan fingerprint density at radius 2 is 1.47 bits per heavy atom. The summed E-state index contributed by atoms with van der Waals surface area (Å²) in [5.74, 6) is 0.638. The van der Waals surface area contributed by atoms with Crippen LogP contribution in [0.25, 0.3) is 22.0 Å². The minimum Gasteiger partial charge on any atom is -0.493 e. The van der Waals surface area contributed by atoms with Gasteiger partial charge in [0.2, 0.25) is 0 Å². The summed E-state index contributed by atoms with van der Waals surface area (Å²) in [7, 11) is 3.17. The van der Waals surface area contributed by atoms with Crippen molar-refractivity contribution >= 4 is 28.5 Å². The smallest absolute Gasteiger partial charge is 0.274 e. The van der Waals surface area contributed by atoms with Gasteiger partial charge in [0.15, 0.2) is 17.3 Å². The number of ether oxygens (including phenoxy) is 2. The highest BCUT2D eigenvalue weighted by Crippen LogP contribution is 2.34. The number of hydrogen-bond donors (Lipinski definition) is 4. The molecule has 0 spiro atoms. The largest absolute Gasteiger partial charge is 0.493 e. The van der Waals surface area contributed by atoms with E-state index in [9.17, 15) is 9.59 Å². The fourth-order valence-corrected chi connectivity index (χ4v) is 3.33. The van der Waals surface area contributed by atoms with Gasteiger partial charge >= 0.3 is 0 Å². The molecule has 2 amide bonds. The molecule has 1 heterocycles. The molecule has 3 aromatic carbocycles. The van der Waals surface area contributed by atoms with Gasteiger partial charge in [-0.15, -0.1) is 0 Å². The Hall–Kier alpha value is -4.37. The van der Waals surface area contributed by atoms with Gasteiger partial charge in [-0.1, -0.05) is 12.1 Å². The van der Waals surface area contributed by atoms with Gasteiger partial charge < -0.3 is 14.8 Å². The molecule has 0 atom stereocenters.